The first kappa shape index (κ1) is 19.9. The zero-order valence-corrected chi connectivity index (χ0v) is 18.3. The number of anilines is 1. The molecule has 0 fully saturated rings. The van der Waals surface area contributed by atoms with Crippen molar-refractivity contribution in [1.29, 1.82) is 0 Å². The molecule has 2 aromatic carbocycles. The number of carbonyl (C=O) groups is 1. The van der Waals surface area contributed by atoms with Crippen molar-refractivity contribution in [3.8, 4) is 22.8 Å². The molecule has 1 N–H and O–H groups in total. The van der Waals surface area contributed by atoms with Crippen LogP contribution in [0.2, 0.25) is 5.02 Å². The Hall–Kier alpha value is -3.04. The minimum atomic E-state index is -0.771. The van der Waals surface area contributed by atoms with Gasteiger partial charge in [0.2, 0.25) is 17.9 Å². The first-order valence-electron chi connectivity index (χ1n) is 9.64. The van der Waals surface area contributed by atoms with Crippen LogP contribution in [-0.4, -0.2) is 29.0 Å². The van der Waals surface area contributed by atoms with E-state index in [1.165, 1.54) is 11.8 Å². The predicted octanol–water partition coefficient (Wildman–Crippen LogP) is 3.13. The number of nitrogens with one attached hydrogen (secondary N) is 1. The molecule has 31 heavy (non-hydrogen) atoms. The lowest BCUT2D eigenvalue weighted by atomic mass is 10.0. The van der Waals surface area contributed by atoms with Gasteiger partial charge in [-0.05, 0) is 29.1 Å². The van der Waals surface area contributed by atoms with Crippen molar-refractivity contribution >= 4 is 35.0 Å². The van der Waals surface area contributed by atoms with Crippen molar-refractivity contribution in [3.63, 3.8) is 0 Å². The molecule has 1 aromatic heterocycles. The molecule has 3 aromatic rings. The fourth-order valence-electron chi connectivity index (χ4n) is 3.92. The van der Waals surface area contributed by atoms with E-state index < -0.39 is 6.17 Å². The monoisotopic (exact) mass is 457 g/mol. The Morgan fingerprint density at radius 2 is 2.06 bits per heavy atom. The molecule has 0 bridgehead atoms. The highest BCUT2D eigenvalue weighted by atomic mass is 35.5. The van der Waals surface area contributed by atoms with Crippen LogP contribution >= 0.6 is 23.4 Å². The van der Waals surface area contributed by atoms with Gasteiger partial charge in [-0.15, -0.1) is 0 Å². The fourth-order valence-corrected chi connectivity index (χ4v) is 4.53. The number of para-hydroxylation sites is 1. The van der Waals surface area contributed by atoms with Crippen LogP contribution in [0.25, 0.3) is 11.3 Å². The number of fused-ring (bicyclic) bond motifs is 4. The third kappa shape index (κ3) is 3.07. The van der Waals surface area contributed by atoms with Crippen molar-refractivity contribution in [2.75, 3.05) is 17.9 Å². The van der Waals surface area contributed by atoms with Gasteiger partial charge in [-0.2, -0.15) is 0 Å². The number of nitrogens with zero attached hydrogens (tertiary/aromatic N) is 3. The van der Waals surface area contributed by atoms with Gasteiger partial charge in [0.05, 0.1) is 21.8 Å². The van der Waals surface area contributed by atoms with Gasteiger partial charge in [-0.1, -0.05) is 42.4 Å². The molecule has 10 heteroatoms. The summed E-state index contributed by atoms with van der Waals surface area (Å²) in [6.07, 6.45) is 1.31. The second-order valence-corrected chi connectivity index (χ2v) is 8.19. The van der Waals surface area contributed by atoms with E-state index in [1.54, 1.807) is 28.6 Å². The topological polar surface area (TPSA) is 88.4 Å². The summed E-state index contributed by atoms with van der Waals surface area (Å²) in [5.41, 5.74) is 1.89. The average molecular weight is 458 g/mol. The molecular formula is C21H18ClN4O4S+. The number of halogens is 1. The maximum absolute atomic E-state index is 13.2. The molecule has 0 unspecified atom stereocenters. The Bertz CT molecular complexity index is 1280. The van der Waals surface area contributed by atoms with Crippen LogP contribution in [0.4, 0.5) is 5.69 Å². The Balaban J connectivity index is 1.86. The van der Waals surface area contributed by atoms with Crippen molar-refractivity contribution in [3.05, 3.63) is 57.3 Å². The van der Waals surface area contributed by atoms with Gasteiger partial charge in [-0.3, -0.25) is 14.6 Å². The van der Waals surface area contributed by atoms with Crippen LogP contribution < -0.4 is 24.6 Å². The van der Waals surface area contributed by atoms with Gasteiger partial charge in [0.25, 0.3) is 6.17 Å². The molecule has 0 spiro atoms. The van der Waals surface area contributed by atoms with Crippen molar-refractivity contribution < 1.29 is 19.0 Å². The summed E-state index contributed by atoms with van der Waals surface area (Å²) in [6.45, 7) is 1.89. The van der Waals surface area contributed by atoms with E-state index in [2.05, 4.69) is 10.1 Å². The van der Waals surface area contributed by atoms with Crippen LogP contribution in [0.15, 0.2) is 46.3 Å². The minimum Gasteiger partial charge on any atom is -0.454 e. The number of aromatic amines is 1. The molecule has 5 rings (SSSR count). The number of rotatable bonds is 3. The lowest BCUT2D eigenvalue weighted by Gasteiger charge is -2.32. The number of carbonyl (C=O) groups excluding carboxylic acids is 1. The zero-order chi connectivity index (χ0) is 21.7. The van der Waals surface area contributed by atoms with E-state index in [0.29, 0.717) is 44.2 Å². The maximum Gasteiger partial charge on any atom is 0.325 e. The molecule has 8 nitrogen and oxygen atoms in total. The van der Waals surface area contributed by atoms with Crippen molar-refractivity contribution in [2.45, 2.75) is 24.7 Å². The van der Waals surface area contributed by atoms with Crippen LogP contribution in [0.1, 0.15) is 25.1 Å². The molecule has 0 radical (unpaired) electrons. The van der Waals surface area contributed by atoms with E-state index in [-0.39, 0.29) is 24.7 Å². The highest BCUT2D eigenvalue weighted by Crippen LogP contribution is 2.43. The third-order valence-electron chi connectivity index (χ3n) is 5.29. The van der Waals surface area contributed by atoms with E-state index in [4.69, 9.17) is 21.1 Å². The van der Waals surface area contributed by atoms with Gasteiger partial charge in [0, 0.05) is 17.6 Å². The van der Waals surface area contributed by atoms with Gasteiger partial charge in [-0.25, -0.2) is 4.90 Å². The van der Waals surface area contributed by atoms with Crippen LogP contribution in [0.5, 0.6) is 11.5 Å². The van der Waals surface area contributed by atoms with E-state index in [1.807, 2.05) is 30.5 Å². The van der Waals surface area contributed by atoms with Crippen molar-refractivity contribution in [2.24, 2.45) is 0 Å². The normalized spacial score (nSPS) is 16.1. The van der Waals surface area contributed by atoms with Gasteiger partial charge >= 0.3 is 11.3 Å². The summed E-state index contributed by atoms with van der Waals surface area (Å²) in [4.78, 5) is 30.7. The molecule has 1 amide bonds. The average Bonchev–Trinajstić information content (AvgIpc) is 3.23. The number of amides is 1. The van der Waals surface area contributed by atoms with Gasteiger partial charge < -0.3 is 9.47 Å². The SMILES string of the molecule is CCC(=O)N1c2ccccc2-c2c(=O)[nH]c(SC)n[n+]2[C@@H]1c1cc2c(cc1Cl)OCO2. The lowest BCUT2D eigenvalue weighted by Crippen LogP contribution is -2.61. The molecule has 0 saturated heterocycles. The van der Waals surface area contributed by atoms with Crippen LogP contribution in [0, 0.1) is 0 Å². The molecule has 2 aliphatic heterocycles. The fraction of sp³-hybridized carbons (Fsp3) is 0.238. The number of hydrogen-bond acceptors (Lipinski definition) is 6. The Morgan fingerprint density at radius 3 is 2.81 bits per heavy atom. The van der Waals surface area contributed by atoms with Crippen LogP contribution in [0.3, 0.4) is 0 Å². The number of H-pyrrole nitrogens is 1. The Morgan fingerprint density at radius 1 is 1.32 bits per heavy atom. The molecular weight excluding hydrogens is 440 g/mol. The number of hydrogen-bond donors (Lipinski definition) is 1. The molecule has 2 aliphatic rings. The summed E-state index contributed by atoms with van der Waals surface area (Å²) in [5.74, 6) is 0.934. The quantitative estimate of drug-likeness (QED) is 0.480. The summed E-state index contributed by atoms with van der Waals surface area (Å²) < 4.78 is 12.6. The second-order valence-electron chi connectivity index (χ2n) is 6.99. The molecule has 1 atom stereocenters. The van der Waals surface area contributed by atoms with Gasteiger partial charge in [0.15, 0.2) is 11.5 Å². The highest BCUT2D eigenvalue weighted by molar-refractivity contribution is 7.98. The first-order valence-corrected chi connectivity index (χ1v) is 11.2. The van der Waals surface area contributed by atoms with Gasteiger partial charge in [0.1, 0.15) is 0 Å². The minimum absolute atomic E-state index is 0.0957. The zero-order valence-electron chi connectivity index (χ0n) is 16.7. The Labute approximate surface area is 186 Å². The summed E-state index contributed by atoms with van der Waals surface area (Å²) in [6, 6.07) is 10.7. The number of aromatic nitrogens is 3. The molecule has 158 valence electrons. The van der Waals surface area contributed by atoms with E-state index in [0.717, 1.165) is 0 Å². The molecule has 0 aliphatic carbocycles. The summed E-state index contributed by atoms with van der Waals surface area (Å²) in [5, 5.41) is 5.46. The van der Waals surface area contributed by atoms with Crippen molar-refractivity contribution in [1.82, 2.24) is 10.1 Å². The maximum atomic E-state index is 13.2. The van der Waals surface area contributed by atoms with E-state index >= 15 is 0 Å². The lowest BCUT2D eigenvalue weighted by molar-refractivity contribution is -0.763. The smallest absolute Gasteiger partial charge is 0.325 e. The molecule has 3 heterocycles. The number of ether oxygens (including phenoxy) is 2. The largest absolute Gasteiger partial charge is 0.454 e. The predicted molar refractivity (Wildman–Crippen MR) is 116 cm³/mol. The van der Waals surface area contributed by atoms with Crippen LogP contribution in [-0.2, 0) is 4.79 Å². The number of benzene rings is 2. The third-order valence-corrected chi connectivity index (χ3v) is 6.19. The summed E-state index contributed by atoms with van der Waals surface area (Å²) in [7, 11) is 0. The standard InChI is InChI=1S/C21H17ClN4O4S/c1-3-17(27)25-14-7-5-4-6-11(14)18-19(28)23-21(31-2)24-26(18)20(25)12-8-15-16(9-13(12)22)30-10-29-15/h4-9,20H,3,10H2,1-2H3/p+1/t20-/m1/s1. The molecule has 0 saturated carbocycles. The highest BCUT2D eigenvalue weighted by Gasteiger charge is 2.46. The number of thioether (sulfide) groups is 1. The summed E-state index contributed by atoms with van der Waals surface area (Å²) >= 11 is 7.96. The van der Waals surface area contributed by atoms with E-state index in [9.17, 15) is 9.59 Å². The first-order chi connectivity index (χ1) is 15.0. The second kappa shape index (κ2) is 7.58. The Kier molecular flexibility index (Phi) is 4.86.